The first kappa shape index (κ1) is 11.9. The molecule has 19 heavy (non-hydrogen) atoms. The van der Waals surface area contributed by atoms with E-state index in [9.17, 15) is 4.79 Å². The average molecular weight is 260 g/mol. The highest BCUT2D eigenvalue weighted by molar-refractivity contribution is 5.86. The van der Waals surface area contributed by atoms with Crippen LogP contribution in [-0.4, -0.2) is 46.2 Å². The molecule has 3 N–H and O–H groups in total. The van der Waals surface area contributed by atoms with Crippen LogP contribution >= 0.6 is 0 Å². The lowest BCUT2D eigenvalue weighted by Gasteiger charge is -2.35. The largest absolute Gasteiger partial charge is 0.368 e. The van der Waals surface area contributed by atoms with Crippen molar-refractivity contribution in [2.75, 3.05) is 24.5 Å². The summed E-state index contributed by atoms with van der Waals surface area (Å²) >= 11 is 0. The van der Waals surface area contributed by atoms with Crippen molar-refractivity contribution in [3.8, 4) is 0 Å². The monoisotopic (exact) mass is 260 g/mol. The van der Waals surface area contributed by atoms with E-state index in [1.54, 1.807) is 16.9 Å². The van der Waals surface area contributed by atoms with Crippen molar-refractivity contribution in [1.82, 2.24) is 19.9 Å². The van der Waals surface area contributed by atoms with E-state index in [-0.39, 0.29) is 11.9 Å². The van der Waals surface area contributed by atoms with Crippen molar-refractivity contribution >= 4 is 17.2 Å². The zero-order valence-corrected chi connectivity index (χ0v) is 10.7. The van der Waals surface area contributed by atoms with E-state index in [1.165, 1.54) is 0 Å². The van der Waals surface area contributed by atoms with Gasteiger partial charge >= 0.3 is 0 Å². The van der Waals surface area contributed by atoms with Crippen LogP contribution in [0.15, 0.2) is 18.5 Å². The first-order valence-electron chi connectivity index (χ1n) is 6.24. The molecule has 0 aromatic carbocycles. The van der Waals surface area contributed by atoms with Crippen LogP contribution in [0.5, 0.6) is 0 Å². The quantitative estimate of drug-likeness (QED) is 0.745. The number of aryl methyl sites for hydroxylation is 1. The SMILES string of the molecule is Cc1cc2c(N3CCNCC3C(N)=O)nccn2n1. The van der Waals surface area contributed by atoms with Gasteiger partial charge in [-0.05, 0) is 13.0 Å². The number of aromatic nitrogens is 3. The lowest BCUT2D eigenvalue weighted by atomic mass is 10.1. The second kappa shape index (κ2) is 4.51. The van der Waals surface area contributed by atoms with Crippen molar-refractivity contribution < 1.29 is 4.79 Å². The van der Waals surface area contributed by atoms with Crippen LogP contribution in [0.4, 0.5) is 5.82 Å². The van der Waals surface area contributed by atoms with Gasteiger partial charge in [0.1, 0.15) is 11.6 Å². The van der Waals surface area contributed by atoms with Crippen LogP contribution in [0.3, 0.4) is 0 Å². The van der Waals surface area contributed by atoms with Crippen molar-refractivity contribution in [2.24, 2.45) is 5.73 Å². The summed E-state index contributed by atoms with van der Waals surface area (Å²) in [7, 11) is 0. The Bertz CT molecular complexity index is 622. The predicted molar refractivity (Wildman–Crippen MR) is 70.9 cm³/mol. The molecule has 1 amide bonds. The Kier molecular flexibility index (Phi) is 2.83. The number of anilines is 1. The van der Waals surface area contributed by atoms with E-state index in [2.05, 4.69) is 15.4 Å². The topological polar surface area (TPSA) is 88.5 Å². The van der Waals surface area contributed by atoms with Crippen LogP contribution in [0.2, 0.25) is 0 Å². The third-order valence-electron chi connectivity index (χ3n) is 3.34. The summed E-state index contributed by atoms with van der Waals surface area (Å²) in [5, 5.41) is 7.53. The molecule has 7 nitrogen and oxygen atoms in total. The molecule has 0 aliphatic carbocycles. The average Bonchev–Trinajstić information content (AvgIpc) is 2.78. The van der Waals surface area contributed by atoms with Crippen LogP contribution in [0.25, 0.3) is 5.52 Å². The third-order valence-corrected chi connectivity index (χ3v) is 3.34. The Morgan fingerprint density at radius 1 is 1.58 bits per heavy atom. The molecule has 2 aromatic heterocycles. The molecule has 1 atom stereocenters. The number of fused-ring (bicyclic) bond motifs is 1. The van der Waals surface area contributed by atoms with Gasteiger partial charge in [-0.25, -0.2) is 9.50 Å². The summed E-state index contributed by atoms with van der Waals surface area (Å²) in [5.74, 6) is 0.417. The van der Waals surface area contributed by atoms with E-state index >= 15 is 0 Å². The smallest absolute Gasteiger partial charge is 0.241 e. The second-order valence-electron chi connectivity index (χ2n) is 4.68. The van der Waals surface area contributed by atoms with Gasteiger partial charge in [0.2, 0.25) is 5.91 Å². The molecular weight excluding hydrogens is 244 g/mol. The van der Waals surface area contributed by atoms with Crippen molar-refractivity contribution in [1.29, 1.82) is 0 Å². The summed E-state index contributed by atoms with van der Waals surface area (Å²) in [5.41, 5.74) is 7.29. The summed E-state index contributed by atoms with van der Waals surface area (Å²) in [6.07, 6.45) is 3.49. The second-order valence-corrected chi connectivity index (χ2v) is 4.68. The first-order valence-corrected chi connectivity index (χ1v) is 6.24. The highest BCUT2D eigenvalue weighted by atomic mass is 16.1. The molecular formula is C12H16N6O. The number of carbonyl (C=O) groups excluding carboxylic acids is 1. The zero-order chi connectivity index (χ0) is 13.4. The maximum absolute atomic E-state index is 11.6. The van der Waals surface area contributed by atoms with Crippen molar-refractivity contribution in [3.63, 3.8) is 0 Å². The van der Waals surface area contributed by atoms with E-state index in [1.807, 2.05) is 17.9 Å². The Hall–Kier alpha value is -2.15. The summed E-state index contributed by atoms with van der Waals surface area (Å²) in [6.45, 7) is 3.98. The van der Waals surface area contributed by atoms with E-state index in [4.69, 9.17) is 5.73 Å². The minimum absolute atomic E-state index is 0.341. The molecule has 1 saturated heterocycles. The van der Waals surface area contributed by atoms with Gasteiger partial charge in [0.05, 0.1) is 5.69 Å². The molecule has 0 spiro atoms. The molecule has 7 heteroatoms. The Balaban J connectivity index is 2.09. The molecule has 1 fully saturated rings. The van der Waals surface area contributed by atoms with Crippen LogP contribution < -0.4 is 16.0 Å². The lowest BCUT2D eigenvalue weighted by Crippen LogP contribution is -2.57. The highest BCUT2D eigenvalue weighted by Gasteiger charge is 2.29. The fourth-order valence-electron chi connectivity index (χ4n) is 2.46. The molecule has 0 saturated carbocycles. The number of nitrogens with one attached hydrogen (secondary N) is 1. The van der Waals surface area contributed by atoms with Gasteiger partial charge in [-0.2, -0.15) is 5.10 Å². The molecule has 1 unspecified atom stereocenters. The third kappa shape index (κ3) is 2.01. The maximum atomic E-state index is 11.6. The maximum Gasteiger partial charge on any atom is 0.241 e. The van der Waals surface area contributed by atoms with Gasteiger partial charge < -0.3 is 16.0 Å². The number of piperazine rings is 1. The molecule has 2 aromatic rings. The molecule has 3 rings (SSSR count). The van der Waals surface area contributed by atoms with Crippen LogP contribution in [0, 0.1) is 6.92 Å². The minimum atomic E-state index is -0.373. The molecule has 0 bridgehead atoms. The summed E-state index contributed by atoms with van der Waals surface area (Å²) in [4.78, 5) is 17.9. The lowest BCUT2D eigenvalue weighted by molar-refractivity contribution is -0.119. The van der Waals surface area contributed by atoms with Crippen molar-refractivity contribution in [2.45, 2.75) is 13.0 Å². The first-order chi connectivity index (χ1) is 9.16. The van der Waals surface area contributed by atoms with E-state index in [0.717, 1.165) is 23.6 Å². The van der Waals surface area contributed by atoms with Gasteiger partial charge in [-0.3, -0.25) is 4.79 Å². The Morgan fingerprint density at radius 2 is 2.42 bits per heavy atom. The number of nitrogens with two attached hydrogens (primary N) is 1. The van der Waals surface area contributed by atoms with E-state index in [0.29, 0.717) is 13.1 Å². The number of nitrogens with zero attached hydrogens (tertiary/aromatic N) is 4. The zero-order valence-electron chi connectivity index (χ0n) is 10.7. The van der Waals surface area contributed by atoms with Crippen molar-refractivity contribution in [3.05, 3.63) is 24.2 Å². The van der Waals surface area contributed by atoms with E-state index < -0.39 is 0 Å². The molecule has 3 heterocycles. The standard InChI is InChI=1S/C12H16N6O/c1-8-6-9-12(15-3-5-18(9)16-8)17-4-2-14-7-10(17)11(13)19/h3,5-6,10,14H,2,4,7H2,1H3,(H2,13,19). The number of hydrogen-bond donors (Lipinski definition) is 2. The fraction of sp³-hybridized carbons (Fsp3) is 0.417. The van der Waals surface area contributed by atoms with Gasteiger partial charge in [-0.1, -0.05) is 0 Å². The molecule has 1 aliphatic heterocycles. The fourth-order valence-corrected chi connectivity index (χ4v) is 2.46. The van der Waals surface area contributed by atoms with Crippen LogP contribution in [0.1, 0.15) is 5.69 Å². The number of hydrogen-bond acceptors (Lipinski definition) is 5. The summed E-state index contributed by atoms with van der Waals surface area (Å²) < 4.78 is 1.78. The molecule has 100 valence electrons. The van der Waals surface area contributed by atoms with Gasteiger partial charge in [0, 0.05) is 32.0 Å². The van der Waals surface area contributed by atoms with Crippen LogP contribution in [-0.2, 0) is 4.79 Å². The number of rotatable bonds is 2. The predicted octanol–water partition coefficient (Wildman–Crippen LogP) is -0.699. The van der Waals surface area contributed by atoms with Gasteiger partial charge in [0.25, 0.3) is 0 Å². The Labute approximate surface area is 110 Å². The van der Waals surface area contributed by atoms with Gasteiger partial charge in [-0.15, -0.1) is 0 Å². The molecule has 1 aliphatic rings. The number of primary amides is 1. The number of amides is 1. The molecule has 0 radical (unpaired) electrons. The summed E-state index contributed by atoms with van der Waals surface area (Å²) in [6, 6.07) is 1.59. The minimum Gasteiger partial charge on any atom is -0.368 e. The Morgan fingerprint density at radius 3 is 3.21 bits per heavy atom. The number of carbonyl (C=O) groups is 1. The highest BCUT2D eigenvalue weighted by Crippen LogP contribution is 2.22. The normalized spacial score (nSPS) is 19.8. The van der Waals surface area contributed by atoms with Gasteiger partial charge in [0.15, 0.2) is 5.82 Å².